The standard InChI is InChI=1S/C14H16N4S/c15-14(16)12-7-10(1-4-17-12)8-18-5-2-13-11(9-18)3-6-19-13/h1,3-4,6-7H,2,5,8-9H2,(H3,15,16). The molecule has 0 amide bonds. The Bertz CT molecular complexity index is 605. The number of thiophene rings is 1. The molecule has 2 aromatic rings. The lowest BCUT2D eigenvalue weighted by molar-refractivity contribution is 0.247. The molecule has 5 heteroatoms. The van der Waals surface area contributed by atoms with Crippen molar-refractivity contribution in [1.29, 1.82) is 5.41 Å². The molecule has 0 radical (unpaired) electrons. The highest BCUT2D eigenvalue weighted by molar-refractivity contribution is 7.10. The van der Waals surface area contributed by atoms with Crippen LogP contribution in [0.1, 0.15) is 21.7 Å². The number of pyridine rings is 1. The van der Waals surface area contributed by atoms with Gasteiger partial charge < -0.3 is 5.73 Å². The van der Waals surface area contributed by atoms with Crippen LogP contribution in [0.3, 0.4) is 0 Å². The van der Waals surface area contributed by atoms with E-state index in [4.69, 9.17) is 11.1 Å². The maximum atomic E-state index is 7.43. The second-order valence-electron chi connectivity index (χ2n) is 4.79. The van der Waals surface area contributed by atoms with Crippen molar-refractivity contribution in [3.63, 3.8) is 0 Å². The molecule has 3 heterocycles. The summed E-state index contributed by atoms with van der Waals surface area (Å²) in [6.07, 6.45) is 2.86. The van der Waals surface area contributed by atoms with Gasteiger partial charge in [0.2, 0.25) is 0 Å². The molecule has 0 atom stereocenters. The Hall–Kier alpha value is -1.72. The van der Waals surface area contributed by atoms with Crippen LogP contribution in [0.25, 0.3) is 0 Å². The molecule has 0 saturated heterocycles. The highest BCUT2D eigenvalue weighted by atomic mass is 32.1. The number of nitrogens with zero attached hydrogens (tertiary/aromatic N) is 2. The smallest absolute Gasteiger partial charge is 0.141 e. The summed E-state index contributed by atoms with van der Waals surface area (Å²) in [5.74, 6) is 0.0283. The average Bonchev–Trinajstić information content (AvgIpc) is 2.86. The third kappa shape index (κ3) is 2.67. The Balaban J connectivity index is 1.72. The van der Waals surface area contributed by atoms with Crippen molar-refractivity contribution in [2.45, 2.75) is 19.5 Å². The largest absolute Gasteiger partial charge is 0.382 e. The number of hydrogen-bond acceptors (Lipinski definition) is 4. The zero-order chi connectivity index (χ0) is 13.2. The first-order valence-corrected chi connectivity index (χ1v) is 7.17. The summed E-state index contributed by atoms with van der Waals surface area (Å²) in [6.45, 7) is 2.99. The van der Waals surface area contributed by atoms with E-state index in [1.54, 1.807) is 6.20 Å². The first-order chi connectivity index (χ1) is 9.22. The molecule has 0 aliphatic carbocycles. The lowest BCUT2D eigenvalue weighted by Crippen LogP contribution is -2.29. The molecule has 0 spiro atoms. The second-order valence-corrected chi connectivity index (χ2v) is 5.79. The van der Waals surface area contributed by atoms with Gasteiger partial charge in [-0.05, 0) is 41.1 Å². The zero-order valence-corrected chi connectivity index (χ0v) is 11.4. The molecule has 3 rings (SSSR count). The van der Waals surface area contributed by atoms with Crippen molar-refractivity contribution in [2.75, 3.05) is 6.54 Å². The van der Waals surface area contributed by atoms with E-state index in [1.165, 1.54) is 16.0 Å². The van der Waals surface area contributed by atoms with Crippen LogP contribution in [0.4, 0.5) is 0 Å². The minimum atomic E-state index is 0.0283. The number of amidine groups is 1. The Morgan fingerprint density at radius 2 is 2.37 bits per heavy atom. The number of nitrogen functional groups attached to an aromatic ring is 1. The average molecular weight is 272 g/mol. The molecule has 2 aromatic heterocycles. The summed E-state index contributed by atoms with van der Waals surface area (Å²) in [6, 6.07) is 6.13. The minimum Gasteiger partial charge on any atom is -0.382 e. The molecule has 4 nitrogen and oxygen atoms in total. The number of hydrogen-bond donors (Lipinski definition) is 2. The van der Waals surface area contributed by atoms with Crippen LogP contribution in [-0.2, 0) is 19.5 Å². The van der Waals surface area contributed by atoms with Crippen LogP contribution in [0.15, 0.2) is 29.8 Å². The first-order valence-electron chi connectivity index (χ1n) is 6.29. The molecule has 0 aromatic carbocycles. The summed E-state index contributed by atoms with van der Waals surface area (Å²) >= 11 is 1.86. The molecule has 1 aliphatic heterocycles. The van der Waals surface area contributed by atoms with Gasteiger partial charge in [0.25, 0.3) is 0 Å². The van der Waals surface area contributed by atoms with E-state index < -0.39 is 0 Å². The Morgan fingerprint density at radius 1 is 1.47 bits per heavy atom. The van der Waals surface area contributed by atoms with E-state index in [2.05, 4.69) is 21.3 Å². The van der Waals surface area contributed by atoms with E-state index in [9.17, 15) is 0 Å². The monoisotopic (exact) mass is 272 g/mol. The quantitative estimate of drug-likeness (QED) is 0.663. The molecule has 0 saturated carbocycles. The van der Waals surface area contributed by atoms with Gasteiger partial charge in [-0.25, -0.2) is 0 Å². The van der Waals surface area contributed by atoms with Crippen LogP contribution in [0.5, 0.6) is 0 Å². The van der Waals surface area contributed by atoms with Gasteiger partial charge in [0.1, 0.15) is 11.5 Å². The van der Waals surface area contributed by atoms with Crippen molar-refractivity contribution in [1.82, 2.24) is 9.88 Å². The second kappa shape index (κ2) is 5.11. The Labute approximate surface area is 116 Å². The van der Waals surface area contributed by atoms with Crippen molar-refractivity contribution in [2.24, 2.45) is 5.73 Å². The fourth-order valence-corrected chi connectivity index (χ4v) is 3.31. The fraction of sp³-hybridized carbons (Fsp3) is 0.286. The molecular weight excluding hydrogens is 256 g/mol. The van der Waals surface area contributed by atoms with Gasteiger partial charge in [-0.1, -0.05) is 0 Å². The van der Waals surface area contributed by atoms with Crippen LogP contribution in [0.2, 0.25) is 0 Å². The lowest BCUT2D eigenvalue weighted by atomic mass is 10.1. The highest BCUT2D eigenvalue weighted by Crippen LogP contribution is 2.24. The van der Waals surface area contributed by atoms with E-state index in [1.807, 2.05) is 23.5 Å². The SMILES string of the molecule is N=C(N)c1cc(CN2CCc3sccc3C2)ccn1. The summed E-state index contributed by atoms with van der Waals surface area (Å²) in [7, 11) is 0. The van der Waals surface area contributed by atoms with Crippen LogP contribution >= 0.6 is 11.3 Å². The number of rotatable bonds is 3. The molecule has 19 heavy (non-hydrogen) atoms. The van der Waals surface area contributed by atoms with E-state index in [0.29, 0.717) is 5.69 Å². The van der Waals surface area contributed by atoms with E-state index in [0.717, 1.165) is 26.1 Å². The summed E-state index contributed by atoms with van der Waals surface area (Å²) in [4.78, 5) is 8.04. The van der Waals surface area contributed by atoms with E-state index in [-0.39, 0.29) is 5.84 Å². The van der Waals surface area contributed by atoms with Gasteiger partial charge in [0.05, 0.1) is 0 Å². The minimum absolute atomic E-state index is 0.0283. The predicted octanol–water partition coefficient (Wildman–Crippen LogP) is 1.99. The third-order valence-corrected chi connectivity index (χ3v) is 4.42. The fourth-order valence-electron chi connectivity index (χ4n) is 2.42. The van der Waals surface area contributed by atoms with E-state index >= 15 is 0 Å². The van der Waals surface area contributed by atoms with Gasteiger partial charge in [0.15, 0.2) is 0 Å². The predicted molar refractivity (Wildman–Crippen MR) is 77.4 cm³/mol. The number of nitrogens with one attached hydrogen (secondary N) is 1. The zero-order valence-electron chi connectivity index (χ0n) is 10.6. The van der Waals surface area contributed by atoms with Gasteiger partial charge in [-0.3, -0.25) is 15.3 Å². The third-order valence-electron chi connectivity index (χ3n) is 3.39. The van der Waals surface area contributed by atoms with Crippen molar-refractivity contribution in [3.05, 3.63) is 51.5 Å². The van der Waals surface area contributed by atoms with Gasteiger partial charge in [0, 0.05) is 30.7 Å². The summed E-state index contributed by atoms with van der Waals surface area (Å²) in [5, 5.41) is 9.61. The summed E-state index contributed by atoms with van der Waals surface area (Å²) in [5.41, 5.74) is 8.66. The molecule has 1 aliphatic rings. The number of fused-ring (bicyclic) bond motifs is 1. The number of aromatic nitrogens is 1. The summed E-state index contributed by atoms with van der Waals surface area (Å²) < 4.78 is 0. The Morgan fingerprint density at radius 3 is 3.21 bits per heavy atom. The maximum absolute atomic E-state index is 7.43. The molecule has 3 N–H and O–H groups in total. The molecule has 98 valence electrons. The van der Waals surface area contributed by atoms with Gasteiger partial charge in [-0.15, -0.1) is 11.3 Å². The van der Waals surface area contributed by atoms with Crippen molar-refractivity contribution >= 4 is 17.2 Å². The Kier molecular flexibility index (Phi) is 3.31. The topological polar surface area (TPSA) is 66.0 Å². The molecule has 0 fully saturated rings. The van der Waals surface area contributed by atoms with Crippen molar-refractivity contribution in [3.8, 4) is 0 Å². The van der Waals surface area contributed by atoms with Crippen molar-refractivity contribution < 1.29 is 0 Å². The van der Waals surface area contributed by atoms with Crippen LogP contribution < -0.4 is 5.73 Å². The van der Waals surface area contributed by atoms with Crippen LogP contribution in [-0.4, -0.2) is 22.3 Å². The molecule has 0 unspecified atom stereocenters. The lowest BCUT2D eigenvalue weighted by Gasteiger charge is -2.26. The number of nitrogens with two attached hydrogens (primary N) is 1. The van der Waals surface area contributed by atoms with Gasteiger partial charge in [-0.2, -0.15) is 0 Å². The maximum Gasteiger partial charge on any atom is 0.141 e. The van der Waals surface area contributed by atoms with Crippen LogP contribution in [0, 0.1) is 5.41 Å². The van der Waals surface area contributed by atoms with Gasteiger partial charge >= 0.3 is 0 Å². The molecular formula is C14H16N4S. The molecule has 0 bridgehead atoms. The highest BCUT2D eigenvalue weighted by Gasteiger charge is 2.17. The normalized spacial score (nSPS) is 15.2. The first kappa shape index (κ1) is 12.3.